The third-order valence-corrected chi connectivity index (χ3v) is 4.18. The van der Waals surface area contributed by atoms with E-state index in [9.17, 15) is 4.79 Å². The molecule has 1 aromatic rings. The minimum absolute atomic E-state index is 0.0989. The van der Waals surface area contributed by atoms with Crippen molar-refractivity contribution in [3.05, 3.63) is 33.8 Å². The van der Waals surface area contributed by atoms with Gasteiger partial charge in [0.05, 0.1) is 15.6 Å². The van der Waals surface area contributed by atoms with Gasteiger partial charge in [0.25, 0.3) is 5.91 Å². The zero-order chi connectivity index (χ0) is 13.9. The minimum Gasteiger partial charge on any atom is -0.351 e. The normalized spacial score (nSPS) is 23.1. The van der Waals surface area contributed by atoms with Crippen molar-refractivity contribution in [3.8, 4) is 0 Å². The van der Waals surface area contributed by atoms with Crippen molar-refractivity contribution in [1.29, 1.82) is 0 Å². The van der Waals surface area contributed by atoms with Gasteiger partial charge in [-0.15, -0.1) is 0 Å². The van der Waals surface area contributed by atoms with Gasteiger partial charge in [-0.3, -0.25) is 4.79 Å². The number of hydrogen-bond donors (Lipinski definition) is 2. The van der Waals surface area contributed by atoms with Gasteiger partial charge in [-0.1, -0.05) is 36.2 Å². The van der Waals surface area contributed by atoms with Crippen molar-refractivity contribution in [1.82, 2.24) is 10.6 Å². The molecule has 0 spiro atoms. The van der Waals surface area contributed by atoms with Gasteiger partial charge < -0.3 is 10.6 Å². The van der Waals surface area contributed by atoms with Crippen LogP contribution in [0, 0.1) is 5.41 Å². The summed E-state index contributed by atoms with van der Waals surface area (Å²) < 4.78 is 0. The highest BCUT2D eigenvalue weighted by Gasteiger charge is 2.27. The van der Waals surface area contributed by atoms with Crippen molar-refractivity contribution in [2.24, 2.45) is 5.41 Å². The first-order valence-corrected chi connectivity index (χ1v) is 7.20. The third-order valence-electron chi connectivity index (χ3n) is 3.55. The van der Waals surface area contributed by atoms with Crippen LogP contribution in [0.4, 0.5) is 0 Å². The summed E-state index contributed by atoms with van der Waals surface area (Å²) in [5.74, 6) is -0.206. The summed E-state index contributed by atoms with van der Waals surface area (Å²) in [5, 5.41) is 7.07. The Morgan fingerprint density at radius 1 is 1.42 bits per heavy atom. The summed E-state index contributed by atoms with van der Waals surface area (Å²) in [6.07, 6.45) is 2.25. The molecule has 5 heteroatoms. The summed E-state index contributed by atoms with van der Waals surface area (Å²) in [7, 11) is 0. The lowest BCUT2D eigenvalue weighted by Crippen LogP contribution is -2.45. The molecule has 2 N–H and O–H groups in total. The van der Waals surface area contributed by atoms with Crippen molar-refractivity contribution >= 4 is 29.1 Å². The summed E-state index contributed by atoms with van der Waals surface area (Å²) in [6.45, 7) is 4.78. The first-order valence-electron chi connectivity index (χ1n) is 6.45. The van der Waals surface area contributed by atoms with Crippen molar-refractivity contribution < 1.29 is 4.79 Å². The second kappa shape index (κ2) is 6.12. The molecule has 1 fully saturated rings. The monoisotopic (exact) mass is 300 g/mol. The average molecular weight is 301 g/mol. The van der Waals surface area contributed by atoms with Crippen LogP contribution in [0.25, 0.3) is 0 Å². The number of benzene rings is 1. The standard InChI is InChI=1S/C14H18Cl2N2O/c1-14(6-3-7-17-8-14)9-18-13(19)12-10(15)4-2-5-11(12)16/h2,4-5,17H,3,6-9H2,1H3,(H,18,19). The lowest BCUT2D eigenvalue weighted by atomic mass is 9.83. The number of amides is 1. The molecule has 0 bridgehead atoms. The van der Waals surface area contributed by atoms with E-state index in [2.05, 4.69) is 17.6 Å². The summed E-state index contributed by atoms with van der Waals surface area (Å²) in [5.41, 5.74) is 0.458. The van der Waals surface area contributed by atoms with Crippen LogP contribution in [0.3, 0.4) is 0 Å². The maximum Gasteiger partial charge on any atom is 0.254 e. The van der Waals surface area contributed by atoms with Gasteiger partial charge in [0, 0.05) is 13.1 Å². The molecule has 104 valence electrons. The topological polar surface area (TPSA) is 41.1 Å². The number of nitrogens with one attached hydrogen (secondary N) is 2. The maximum absolute atomic E-state index is 12.2. The fourth-order valence-electron chi connectivity index (χ4n) is 2.37. The predicted octanol–water partition coefficient (Wildman–Crippen LogP) is 3.11. The molecular weight excluding hydrogens is 283 g/mol. The number of piperidine rings is 1. The summed E-state index contributed by atoms with van der Waals surface area (Å²) in [6, 6.07) is 5.08. The van der Waals surface area contributed by atoms with Crippen LogP contribution in [0.15, 0.2) is 18.2 Å². The quantitative estimate of drug-likeness (QED) is 0.900. The Morgan fingerprint density at radius 2 is 2.11 bits per heavy atom. The number of carbonyl (C=O) groups is 1. The first kappa shape index (κ1) is 14.6. The Bertz CT molecular complexity index is 450. The highest BCUT2D eigenvalue weighted by molar-refractivity contribution is 6.39. The third kappa shape index (κ3) is 3.62. The minimum atomic E-state index is -0.206. The van der Waals surface area contributed by atoms with E-state index in [1.807, 2.05) is 0 Å². The van der Waals surface area contributed by atoms with Crippen LogP contribution in [0.5, 0.6) is 0 Å². The van der Waals surface area contributed by atoms with Crippen molar-refractivity contribution in [2.45, 2.75) is 19.8 Å². The van der Waals surface area contributed by atoms with E-state index in [0.717, 1.165) is 25.9 Å². The molecule has 1 heterocycles. The van der Waals surface area contributed by atoms with Crippen LogP contribution in [0.2, 0.25) is 10.0 Å². The summed E-state index contributed by atoms with van der Waals surface area (Å²) in [4.78, 5) is 12.2. The Kier molecular flexibility index (Phi) is 4.71. The van der Waals surface area contributed by atoms with Gasteiger partial charge in [-0.05, 0) is 36.9 Å². The number of hydrogen-bond acceptors (Lipinski definition) is 2. The van der Waals surface area contributed by atoms with Crippen LogP contribution in [0.1, 0.15) is 30.1 Å². The molecule has 0 aliphatic carbocycles. The van der Waals surface area contributed by atoms with Crippen molar-refractivity contribution in [3.63, 3.8) is 0 Å². The van der Waals surface area contributed by atoms with Gasteiger partial charge in [0.1, 0.15) is 0 Å². The molecule has 1 aromatic carbocycles. The van der Waals surface area contributed by atoms with Gasteiger partial charge in [0.2, 0.25) is 0 Å². The van der Waals surface area contributed by atoms with E-state index >= 15 is 0 Å². The molecule has 2 rings (SSSR count). The average Bonchev–Trinajstić information content (AvgIpc) is 2.37. The molecule has 1 atom stereocenters. The molecular formula is C14H18Cl2N2O. The van der Waals surface area contributed by atoms with Crippen LogP contribution in [-0.4, -0.2) is 25.5 Å². The maximum atomic E-state index is 12.2. The van der Waals surface area contributed by atoms with Crippen LogP contribution in [-0.2, 0) is 0 Å². The Morgan fingerprint density at radius 3 is 2.68 bits per heavy atom. The molecule has 1 saturated heterocycles. The smallest absolute Gasteiger partial charge is 0.254 e. The SMILES string of the molecule is CC1(CNC(=O)c2c(Cl)cccc2Cl)CCCNC1. The fourth-order valence-corrected chi connectivity index (χ4v) is 2.94. The highest BCUT2D eigenvalue weighted by atomic mass is 35.5. The van der Waals surface area contributed by atoms with Crippen LogP contribution < -0.4 is 10.6 Å². The molecule has 19 heavy (non-hydrogen) atoms. The van der Waals surface area contributed by atoms with Crippen molar-refractivity contribution in [2.75, 3.05) is 19.6 Å². The van der Waals surface area contributed by atoms with E-state index in [-0.39, 0.29) is 11.3 Å². The number of carbonyl (C=O) groups excluding carboxylic acids is 1. The van der Waals surface area contributed by atoms with Gasteiger partial charge in [-0.2, -0.15) is 0 Å². The van der Waals surface area contributed by atoms with E-state index in [0.29, 0.717) is 22.2 Å². The molecule has 1 aliphatic heterocycles. The number of halogens is 2. The van der Waals surface area contributed by atoms with E-state index < -0.39 is 0 Å². The molecule has 1 amide bonds. The Balaban J connectivity index is 2.01. The van der Waals surface area contributed by atoms with E-state index in [1.165, 1.54) is 0 Å². The molecule has 0 radical (unpaired) electrons. The lowest BCUT2D eigenvalue weighted by Gasteiger charge is -2.34. The molecule has 3 nitrogen and oxygen atoms in total. The molecule has 0 aromatic heterocycles. The highest BCUT2D eigenvalue weighted by Crippen LogP contribution is 2.26. The second-order valence-corrected chi connectivity index (χ2v) is 6.18. The molecule has 0 saturated carbocycles. The lowest BCUT2D eigenvalue weighted by molar-refractivity contribution is 0.0925. The largest absolute Gasteiger partial charge is 0.351 e. The fraction of sp³-hybridized carbons (Fsp3) is 0.500. The zero-order valence-electron chi connectivity index (χ0n) is 10.9. The second-order valence-electron chi connectivity index (χ2n) is 5.37. The molecule has 1 aliphatic rings. The summed E-state index contributed by atoms with van der Waals surface area (Å²) >= 11 is 12.0. The van der Waals surface area contributed by atoms with Crippen LogP contribution >= 0.6 is 23.2 Å². The zero-order valence-corrected chi connectivity index (χ0v) is 12.4. The van der Waals surface area contributed by atoms with E-state index in [1.54, 1.807) is 18.2 Å². The van der Waals surface area contributed by atoms with E-state index in [4.69, 9.17) is 23.2 Å². The van der Waals surface area contributed by atoms with Gasteiger partial charge >= 0.3 is 0 Å². The van der Waals surface area contributed by atoms with Gasteiger partial charge in [-0.25, -0.2) is 0 Å². The Hall–Kier alpha value is -0.770. The number of rotatable bonds is 3. The Labute approximate surface area is 123 Å². The van der Waals surface area contributed by atoms with Gasteiger partial charge in [0.15, 0.2) is 0 Å². The first-order chi connectivity index (χ1) is 9.02. The predicted molar refractivity (Wildman–Crippen MR) is 79.0 cm³/mol. The molecule has 1 unspecified atom stereocenters.